The van der Waals surface area contributed by atoms with Gasteiger partial charge in [0.25, 0.3) is 0 Å². The Morgan fingerprint density at radius 2 is 1.51 bits per heavy atom. The molecule has 0 aromatic carbocycles. The Kier molecular flexibility index (Phi) is 23.0. The van der Waals surface area contributed by atoms with Crippen LogP contribution >= 0.6 is 24.0 Å². The maximum atomic E-state index is 13.8. The minimum atomic E-state index is -1.49. The molecule has 0 aromatic heterocycles. The van der Waals surface area contributed by atoms with E-state index in [1.807, 2.05) is 19.9 Å². The molecule has 376 valence electrons. The molecule has 4 heterocycles. The van der Waals surface area contributed by atoms with Crippen LogP contribution in [0, 0.1) is 23.7 Å². The second-order valence-electron chi connectivity index (χ2n) is 18.7. The average molecular weight is 1040 g/mol. The maximum absolute atomic E-state index is 13.8. The van der Waals surface area contributed by atoms with Crippen molar-refractivity contribution >= 4 is 42.0 Å². The van der Waals surface area contributed by atoms with E-state index in [-0.39, 0.29) is 55.6 Å². The summed E-state index contributed by atoms with van der Waals surface area (Å²) in [5.41, 5.74) is -0.806. The molecule has 0 aliphatic carbocycles. The normalized spacial score (nSPS) is 45.2. The van der Waals surface area contributed by atoms with Crippen LogP contribution in [0.2, 0.25) is 0 Å². The number of aliphatic hydroxyl groups excluding tert-OH is 4. The van der Waals surface area contributed by atoms with Crippen LogP contribution in [-0.4, -0.2) is 187 Å². The zero-order chi connectivity index (χ0) is 47.8. The number of allylic oxidation sites excluding steroid dienone is 3. The van der Waals surface area contributed by atoms with E-state index in [9.17, 15) is 39.9 Å². The molecule has 3 saturated heterocycles. The van der Waals surface area contributed by atoms with Crippen molar-refractivity contribution < 1.29 is 82.5 Å². The summed E-state index contributed by atoms with van der Waals surface area (Å²) in [6.45, 7) is 13.6. The standard InChI is InChI=1S/C46H77NO17.HI/c1-13-33-30(22-58-45-42(57-12)41(56-11)37(52)26(5)60-45)18-23(2)14-15-31(49)24(3)19-29(16-17-48)39(25(4)32(50)20-34(51)62-33)64-44-38(53)36(47(9)10)40(27(6)61-44)63-35-21-46(8,55)43(54)28(7)59-35;/h14-15,17-18,24-30,32-33,35-45,50,52-55H,13,16,19-22H2,1-12H3;1H/b15-14+,23-18+;/t24-,25+,26-,27-,28+,29+,30-,32-,33-,35+,36+,37+,38-,39-,40-,41-,42-,43+,44+,45-,46-;/m1./s1. The van der Waals surface area contributed by atoms with Gasteiger partial charge in [-0.25, -0.2) is 0 Å². The highest BCUT2D eigenvalue weighted by Gasteiger charge is 2.52. The fraction of sp³-hybridized carbons (Fsp3) is 0.848. The quantitative estimate of drug-likeness (QED) is 0.101. The molecule has 0 spiro atoms. The zero-order valence-electron chi connectivity index (χ0n) is 40.1. The van der Waals surface area contributed by atoms with Gasteiger partial charge in [0.2, 0.25) is 0 Å². The van der Waals surface area contributed by atoms with Crippen molar-refractivity contribution in [3.8, 4) is 0 Å². The number of likely N-dealkylation sites (N-methyl/N-ethyl adjacent to an activating group) is 1. The lowest BCUT2D eigenvalue weighted by Gasteiger charge is -2.50. The molecule has 18 nitrogen and oxygen atoms in total. The van der Waals surface area contributed by atoms with Gasteiger partial charge in [-0.1, -0.05) is 38.5 Å². The minimum absolute atomic E-state index is 0. The first-order valence-electron chi connectivity index (χ1n) is 22.7. The lowest BCUT2D eigenvalue weighted by atomic mass is 9.79. The van der Waals surface area contributed by atoms with Gasteiger partial charge in [0.05, 0.1) is 55.2 Å². The van der Waals surface area contributed by atoms with Crippen LogP contribution in [0.3, 0.4) is 0 Å². The highest BCUT2D eigenvalue weighted by Crippen LogP contribution is 2.37. The number of halogens is 1. The van der Waals surface area contributed by atoms with Crippen LogP contribution in [0.5, 0.6) is 0 Å². The molecule has 0 amide bonds. The summed E-state index contributed by atoms with van der Waals surface area (Å²) >= 11 is 0. The van der Waals surface area contributed by atoms with Gasteiger partial charge in [0.15, 0.2) is 24.7 Å². The number of aldehydes is 1. The van der Waals surface area contributed by atoms with E-state index >= 15 is 0 Å². The zero-order valence-corrected chi connectivity index (χ0v) is 42.4. The Labute approximate surface area is 401 Å². The first kappa shape index (κ1) is 57.8. The predicted octanol–water partition coefficient (Wildman–Crippen LogP) is 2.45. The fourth-order valence-corrected chi connectivity index (χ4v) is 9.51. The van der Waals surface area contributed by atoms with E-state index in [0.717, 1.165) is 6.29 Å². The van der Waals surface area contributed by atoms with Crippen LogP contribution in [0.4, 0.5) is 0 Å². The predicted molar refractivity (Wildman–Crippen MR) is 246 cm³/mol. The molecule has 0 unspecified atom stereocenters. The molecule has 3 fully saturated rings. The topological polar surface area (TPSA) is 239 Å². The molecular formula is C46H78INO17. The number of nitrogens with zero attached hydrogens (tertiary/aromatic N) is 1. The van der Waals surface area contributed by atoms with Crippen molar-refractivity contribution in [3.05, 3.63) is 23.8 Å². The maximum Gasteiger partial charge on any atom is 0.308 e. The lowest BCUT2D eigenvalue weighted by molar-refractivity contribution is -0.341. The number of carbonyl (C=O) groups excluding carboxylic acids is 3. The van der Waals surface area contributed by atoms with Crippen molar-refractivity contribution in [2.45, 2.75) is 191 Å². The van der Waals surface area contributed by atoms with E-state index in [4.69, 9.17) is 42.6 Å². The summed E-state index contributed by atoms with van der Waals surface area (Å²) in [5.74, 6) is -3.59. The molecular weight excluding hydrogens is 965 g/mol. The van der Waals surface area contributed by atoms with Gasteiger partial charge in [-0.15, -0.1) is 24.0 Å². The summed E-state index contributed by atoms with van der Waals surface area (Å²) in [5, 5.41) is 55.8. The number of aliphatic hydroxyl groups is 5. The number of hydrogen-bond donors (Lipinski definition) is 5. The van der Waals surface area contributed by atoms with Gasteiger partial charge in [0, 0.05) is 44.8 Å². The van der Waals surface area contributed by atoms with Crippen molar-refractivity contribution in [2.75, 3.05) is 34.9 Å². The molecule has 4 rings (SSSR count). The van der Waals surface area contributed by atoms with Crippen molar-refractivity contribution in [2.24, 2.45) is 23.7 Å². The van der Waals surface area contributed by atoms with Crippen molar-refractivity contribution in [1.82, 2.24) is 4.90 Å². The Hall–Kier alpha value is -1.54. The van der Waals surface area contributed by atoms with Crippen LogP contribution in [0.25, 0.3) is 0 Å². The van der Waals surface area contributed by atoms with Gasteiger partial charge in [-0.2, -0.15) is 0 Å². The fourth-order valence-electron chi connectivity index (χ4n) is 9.51. The summed E-state index contributed by atoms with van der Waals surface area (Å²) in [7, 11) is 6.43. The van der Waals surface area contributed by atoms with E-state index in [2.05, 4.69) is 0 Å². The number of methoxy groups -OCH3 is 2. The second-order valence-corrected chi connectivity index (χ2v) is 18.7. The number of rotatable bonds is 13. The second kappa shape index (κ2) is 25.9. The van der Waals surface area contributed by atoms with E-state index in [1.54, 1.807) is 59.7 Å². The third kappa shape index (κ3) is 14.7. The van der Waals surface area contributed by atoms with E-state index < -0.39 is 140 Å². The minimum Gasteiger partial charge on any atom is -0.462 e. The molecule has 4 aliphatic rings. The Bertz CT molecular complexity index is 1570. The molecule has 5 N–H and O–H groups in total. The largest absolute Gasteiger partial charge is 0.462 e. The smallest absolute Gasteiger partial charge is 0.308 e. The first-order valence-corrected chi connectivity index (χ1v) is 22.7. The lowest BCUT2D eigenvalue weighted by Crippen LogP contribution is -2.65. The number of esters is 1. The van der Waals surface area contributed by atoms with Crippen LogP contribution in [-0.2, 0) is 57.0 Å². The van der Waals surface area contributed by atoms with Crippen LogP contribution < -0.4 is 0 Å². The van der Waals surface area contributed by atoms with Gasteiger partial charge in [0.1, 0.15) is 49.0 Å². The average Bonchev–Trinajstić information content (AvgIpc) is 3.23. The summed E-state index contributed by atoms with van der Waals surface area (Å²) < 4.78 is 54.7. The highest BCUT2D eigenvalue weighted by atomic mass is 127. The van der Waals surface area contributed by atoms with Gasteiger partial charge < -0.3 is 77.9 Å². The highest BCUT2D eigenvalue weighted by molar-refractivity contribution is 14.0. The van der Waals surface area contributed by atoms with E-state index in [1.165, 1.54) is 27.2 Å². The number of cyclic esters (lactones) is 1. The molecule has 21 atom stereocenters. The van der Waals surface area contributed by atoms with Gasteiger partial charge in [-0.3, -0.25) is 9.59 Å². The number of ketones is 1. The van der Waals surface area contributed by atoms with Crippen LogP contribution in [0.15, 0.2) is 23.8 Å². The number of hydrogen-bond acceptors (Lipinski definition) is 18. The molecule has 65 heavy (non-hydrogen) atoms. The van der Waals surface area contributed by atoms with Crippen molar-refractivity contribution in [3.63, 3.8) is 0 Å². The third-order valence-corrected chi connectivity index (χ3v) is 13.4. The monoisotopic (exact) mass is 1040 g/mol. The van der Waals surface area contributed by atoms with Gasteiger partial charge in [-0.05, 0) is 73.5 Å². The SMILES string of the molecule is CC[C@H]1OC(=O)C[C@@H](O)[C@H](C)[C@@H](O[C@@H]2O[C@H](C)[C@@H](O[C@H]3C[C@@](C)(O)[C@@H](O)[C@H](C)O3)[C@@H](N(C)C)[C@H]2O)[C@@H](CC=O)C[C@@H](C)C(=O)/C=C/C(C)=C/[C@@H]1CO[C@@H]1O[C@H](C)[C@H](O)[C@@H](OC)[C@H]1OC.I. The molecule has 0 bridgehead atoms. The summed E-state index contributed by atoms with van der Waals surface area (Å²) in [4.78, 5) is 41.5. The van der Waals surface area contributed by atoms with Crippen LogP contribution in [0.1, 0.15) is 87.5 Å². The Morgan fingerprint density at radius 1 is 0.862 bits per heavy atom. The summed E-state index contributed by atoms with van der Waals surface area (Å²) in [6, 6.07) is -0.748. The molecule has 19 heteroatoms. The molecule has 0 saturated carbocycles. The Morgan fingerprint density at radius 3 is 2.09 bits per heavy atom. The Balaban J connectivity index is 0.0000112. The first-order chi connectivity index (χ1) is 30.1. The number of carbonyl (C=O) groups is 3. The van der Waals surface area contributed by atoms with Gasteiger partial charge >= 0.3 is 5.97 Å². The molecule has 0 radical (unpaired) electrons. The molecule has 4 aliphatic heterocycles. The number of ether oxygens (including phenoxy) is 9. The molecule has 0 aromatic rings. The summed E-state index contributed by atoms with van der Waals surface area (Å²) in [6.07, 6.45) is -8.49. The van der Waals surface area contributed by atoms with E-state index in [0.29, 0.717) is 12.0 Å². The van der Waals surface area contributed by atoms with Crippen molar-refractivity contribution in [1.29, 1.82) is 0 Å². The third-order valence-electron chi connectivity index (χ3n) is 13.4.